The van der Waals surface area contributed by atoms with E-state index in [2.05, 4.69) is 24.3 Å². The van der Waals surface area contributed by atoms with Crippen molar-refractivity contribution in [3.05, 3.63) is 35.4 Å². The minimum atomic E-state index is -0.0654. The van der Waals surface area contributed by atoms with Crippen molar-refractivity contribution in [1.29, 1.82) is 0 Å². The van der Waals surface area contributed by atoms with Crippen molar-refractivity contribution in [2.75, 3.05) is 28.4 Å². The fourth-order valence-corrected chi connectivity index (χ4v) is 4.14. The van der Waals surface area contributed by atoms with Gasteiger partial charge in [-0.2, -0.15) is 0 Å². The van der Waals surface area contributed by atoms with E-state index in [4.69, 9.17) is 18.9 Å². The van der Waals surface area contributed by atoms with Gasteiger partial charge in [-0.1, -0.05) is 36.4 Å². The van der Waals surface area contributed by atoms with Crippen molar-refractivity contribution in [1.82, 2.24) is 0 Å². The molecule has 0 aromatic heterocycles. The Morgan fingerprint density at radius 2 is 1.18 bits per heavy atom. The monoisotopic (exact) mass is 338 g/mol. The van der Waals surface area contributed by atoms with E-state index in [1.807, 2.05) is 0 Å². The molecule has 0 saturated heterocycles. The Hall–Kier alpha value is -0.506. The highest BCUT2D eigenvalue weighted by Crippen LogP contribution is 2.11. The van der Waals surface area contributed by atoms with Crippen LogP contribution in [0.25, 0.3) is 0 Å². The second-order valence-corrected chi connectivity index (χ2v) is 7.59. The van der Waals surface area contributed by atoms with Crippen molar-refractivity contribution in [3.63, 3.8) is 0 Å². The first-order valence-corrected chi connectivity index (χ1v) is 9.96. The van der Waals surface area contributed by atoms with Gasteiger partial charge in [0.15, 0.2) is 0 Å². The van der Waals surface area contributed by atoms with Crippen LogP contribution in [0.1, 0.15) is 11.1 Å². The molecule has 6 heteroatoms. The van der Waals surface area contributed by atoms with Crippen molar-refractivity contribution >= 4 is 19.0 Å². The molecule has 0 saturated carbocycles. The lowest BCUT2D eigenvalue weighted by Gasteiger charge is -2.13. The van der Waals surface area contributed by atoms with E-state index in [0.29, 0.717) is 19.0 Å². The number of benzene rings is 1. The largest absolute Gasteiger partial charge is 0.360 e. The van der Waals surface area contributed by atoms with Gasteiger partial charge in [0.25, 0.3) is 0 Å². The molecule has 0 N–H and O–H groups in total. The van der Waals surface area contributed by atoms with Crippen LogP contribution >= 0.6 is 0 Å². The van der Waals surface area contributed by atoms with Crippen LogP contribution in [-0.4, -0.2) is 59.3 Å². The molecule has 1 aromatic carbocycles. The highest BCUT2D eigenvalue weighted by Gasteiger charge is 2.08. The maximum absolute atomic E-state index is 5.23. The Kier molecular flexibility index (Phi) is 10.6. The van der Waals surface area contributed by atoms with Crippen LogP contribution in [0.15, 0.2) is 24.3 Å². The third-order valence-electron chi connectivity index (χ3n) is 3.30. The number of aryl methyl sites for hydroxylation is 2. The van der Waals surface area contributed by atoms with Gasteiger partial charge >= 0.3 is 0 Å². The average Bonchev–Trinajstić information content (AvgIpc) is 2.56. The predicted octanol–water partition coefficient (Wildman–Crippen LogP) is 2.17. The summed E-state index contributed by atoms with van der Waals surface area (Å²) in [5.41, 5.74) is 2.77. The zero-order valence-corrected chi connectivity index (χ0v) is 15.9. The smallest absolute Gasteiger partial charge is 0.136 e. The normalized spacial score (nSPS) is 11.5. The first-order valence-electron chi connectivity index (χ1n) is 7.39. The number of rotatable bonds is 12. The number of hydrogen-bond acceptors (Lipinski definition) is 4. The van der Waals surface area contributed by atoms with Crippen LogP contribution in [0.5, 0.6) is 0 Å². The molecule has 122 valence electrons. The number of ether oxygens (including phenoxy) is 4. The number of methoxy groups -OCH3 is 4. The molecule has 4 nitrogen and oxygen atoms in total. The molecule has 0 bridgehead atoms. The summed E-state index contributed by atoms with van der Waals surface area (Å²) in [6.45, 7) is 0. The van der Waals surface area contributed by atoms with E-state index in [-0.39, 0.29) is 11.8 Å². The molecule has 0 amide bonds. The Morgan fingerprint density at radius 3 is 1.55 bits per heavy atom. The van der Waals surface area contributed by atoms with Crippen LogP contribution in [-0.2, 0) is 31.8 Å². The van der Waals surface area contributed by atoms with E-state index >= 15 is 0 Å². The zero-order chi connectivity index (χ0) is 16.2. The summed E-state index contributed by atoms with van der Waals surface area (Å²) in [6.07, 6.45) is 2.13. The van der Waals surface area contributed by atoms with Gasteiger partial charge in [-0.25, -0.2) is 0 Å². The van der Waals surface area contributed by atoms with Crippen LogP contribution in [0.4, 0.5) is 0 Å². The summed E-state index contributed by atoms with van der Waals surface area (Å²) in [6, 6.07) is 11.0. The second-order valence-electron chi connectivity index (χ2n) is 4.83. The molecule has 1 aromatic rings. The molecule has 1 rings (SSSR count). The molecule has 0 fully saturated rings. The van der Waals surface area contributed by atoms with Gasteiger partial charge in [-0.15, -0.1) is 0 Å². The average molecular weight is 339 g/mol. The summed E-state index contributed by atoms with van der Waals surface area (Å²) < 4.78 is 20.9. The molecular weight excluding hydrogens is 312 g/mol. The molecule has 0 aliphatic heterocycles. The standard InChI is InChI=1S/C16H26O4Si2/c1-17-15(18-2)21-10-8-13-6-5-7-14(12-13)9-11-22-16(19-3)20-4/h5-7,12,15-16H,8-11H2,1-4H3. The summed E-state index contributed by atoms with van der Waals surface area (Å²) in [5, 5.41) is 0. The van der Waals surface area contributed by atoms with Gasteiger partial charge in [-0.05, 0) is 24.0 Å². The van der Waals surface area contributed by atoms with E-state index in [0.717, 1.165) is 24.9 Å². The van der Waals surface area contributed by atoms with Gasteiger partial charge in [0.2, 0.25) is 0 Å². The van der Waals surface area contributed by atoms with Crippen LogP contribution < -0.4 is 0 Å². The molecule has 0 unspecified atom stereocenters. The molecule has 0 aliphatic rings. The fraction of sp³-hybridized carbons (Fsp3) is 0.625. The first-order chi connectivity index (χ1) is 10.7. The summed E-state index contributed by atoms with van der Waals surface area (Å²) in [5.74, 6) is -0.131. The van der Waals surface area contributed by atoms with Crippen LogP contribution in [0, 0.1) is 0 Å². The maximum atomic E-state index is 5.23. The molecule has 0 heterocycles. The minimum Gasteiger partial charge on any atom is -0.360 e. The topological polar surface area (TPSA) is 36.9 Å². The molecule has 0 aliphatic carbocycles. The first kappa shape index (κ1) is 19.5. The summed E-state index contributed by atoms with van der Waals surface area (Å²) in [4.78, 5) is 0. The highest BCUT2D eigenvalue weighted by atomic mass is 28.2. The minimum absolute atomic E-state index is 0.0654. The Morgan fingerprint density at radius 1 is 0.773 bits per heavy atom. The third kappa shape index (κ3) is 7.66. The van der Waals surface area contributed by atoms with Gasteiger partial charge in [-0.3, -0.25) is 0 Å². The van der Waals surface area contributed by atoms with Gasteiger partial charge in [0.1, 0.15) is 30.9 Å². The van der Waals surface area contributed by atoms with Crippen LogP contribution in [0.3, 0.4) is 0 Å². The SMILES string of the molecule is COC(OC)[Si]CCc1cccc(CC[Si]C(OC)OC)c1. The van der Waals surface area contributed by atoms with Gasteiger partial charge < -0.3 is 18.9 Å². The van der Waals surface area contributed by atoms with Crippen LogP contribution in [0.2, 0.25) is 12.1 Å². The quantitative estimate of drug-likeness (QED) is 0.432. The molecule has 0 spiro atoms. The Bertz CT molecular complexity index is 362. The highest BCUT2D eigenvalue weighted by molar-refractivity contribution is 6.36. The summed E-state index contributed by atoms with van der Waals surface area (Å²) in [7, 11) is 8.10. The Labute approximate surface area is 139 Å². The Balaban J connectivity index is 2.35. The molecule has 4 radical (unpaired) electrons. The van der Waals surface area contributed by atoms with Crippen molar-refractivity contribution < 1.29 is 18.9 Å². The van der Waals surface area contributed by atoms with Gasteiger partial charge in [0.05, 0.1) is 0 Å². The fourth-order valence-electron chi connectivity index (χ4n) is 2.14. The lowest BCUT2D eigenvalue weighted by molar-refractivity contribution is -0.0442. The van der Waals surface area contributed by atoms with Crippen molar-refractivity contribution in [2.45, 2.75) is 36.8 Å². The molecular formula is C16H26O4Si2. The van der Waals surface area contributed by atoms with E-state index in [1.54, 1.807) is 28.4 Å². The molecule has 0 atom stereocenters. The maximum Gasteiger partial charge on any atom is 0.136 e. The zero-order valence-electron chi connectivity index (χ0n) is 13.9. The van der Waals surface area contributed by atoms with Crippen molar-refractivity contribution in [2.24, 2.45) is 0 Å². The van der Waals surface area contributed by atoms with Gasteiger partial charge in [0, 0.05) is 28.4 Å². The predicted molar refractivity (Wildman–Crippen MR) is 90.6 cm³/mol. The lowest BCUT2D eigenvalue weighted by Crippen LogP contribution is -2.21. The van der Waals surface area contributed by atoms with E-state index < -0.39 is 0 Å². The lowest BCUT2D eigenvalue weighted by atomic mass is 10.1. The van der Waals surface area contributed by atoms with Crippen molar-refractivity contribution in [3.8, 4) is 0 Å². The third-order valence-corrected chi connectivity index (χ3v) is 5.98. The van der Waals surface area contributed by atoms with E-state index in [1.165, 1.54) is 11.1 Å². The number of hydrogen-bond donors (Lipinski definition) is 0. The summed E-state index contributed by atoms with van der Waals surface area (Å²) >= 11 is 0. The molecule has 22 heavy (non-hydrogen) atoms. The van der Waals surface area contributed by atoms with E-state index in [9.17, 15) is 0 Å². The second kappa shape index (κ2) is 12.0.